The van der Waals surface area contributed by atoms with Gasteiger partial charge in [-0.05, 0) is 53.9 Å². The van der Waals surface area contributed by atoms with Gasteiger partial charge in [-0.3, -0.25) is 4.68 Å². The summed E-state index contributed by atoms with van der Waals surface area (Å²) in [6.07, 6.45) is 2.97. The summed E-state index contributed by atoms with van der Waals surface area (Å²) in [6.45, 7) is 8.24. The lowest BCUT2D eigenvalue weighted by molar-refractivity contribution is 0.527. The zero-order valence-corrected chi connectivity index (χ0v) is 15.8. The van der Waals surface area contributed by atoms with Gasteiger partial charge in [0.15, 0.2) is 0 Å². The Kier molecular flexibility index (Phi) is 6.02. The van der Waals surface area contributed by atoms with E-state index in [4.69, 9.17) is 0 Å². The Labute approximate surface area is 143 Å². The lowest BCUT2D eigenvalue weighted by atomic mass is 10.0. The van der Waals surface area contributed by atoms with E-state index in [9.17, 15) is 0 Å². The summed E-state index contributed by atoms with van der Waals surface area (Å²) in [5, 5.41) is 8.11. The fourth-order valence-corrected chi connectivity index (χ4v) is 3.46. The van der Waals surface area contributed by atoms with E-state index in [1.165, 1.54) is 16.8 Å². The van der Waals surface area contributed by atoms with Gasteiger partial charge in [0.2, 0.25) is 0 Å². The third-order valence-corrected chi connectivity index (χ3v) is 5.23. The average molecular weight is 415 g/mol. The highest BCUT2D eigenvalue weighted by atomic mass is 79.9. The summed E-state index contributed by atoms with van der Waals surface area (Å²) in [5.41, 5.74) is 3.67. The smallest absolute Gasteiger partial charge is 0.0770 e. The molecule has 0 amide bonds. The molecule has 0 saturated heterocycles. The quantitative estimate of drug-likeness (QED) is 0.733. The van der Waals surface area contributed by atoms with Crippen LogP contribution in [0.1, 0.15) is 43.1 Å². The molecule has 0 spiro atoms. The van der Waals surface area contributed by atoms with Gasteiger partial charge in [0.05, 0.1) is 22.4 Å². The summed E-state index contributed by atoms with van der Waals surface area (Å²) in [7, 11) is 0. The molecule has 5 heteroatoms. The largest absolute Gasteiger partial charge is 0.305 e. The third kappa shape index (κ3) is 3.58. The Morgan fingerprint density at radius 2 is 2.05 bits per heavy atom. The SMILES string of the molecule is CCCNC(c1cccc(C)c1Br)c1c(Br)cnn1CC. The number of hydrogen-bond donors (Lipinski definition) is 1. The van der Waals surface area contributed by atoms with Gasteiger partial charge >= 0.3 is 0 Å². The van der Waals surface area contributed by atoms with E-state index in [-0.39, 0.29) is 6.04 Å². The Morgan fingerprint density at radius 1 is 1.29 bits per heavy atom. The number of halogens is 2. The lowest BCUT2D eigenvalue weighted by Crippen LogP contribution is -2.26. The zero-order chi connectivity index (χ0) is 15.4. The second kappa shape index (κ2) is 7.56. The van der Waals surface area contributed by atoms with E-state index < -0.39 is 0 Å². The first-order valence-electron chi connectivity index (χ1n) is 7.29. The van der Waals surface area contributed by atoms with Gasteiger partial charge < -0.3 is 5.32 Å². The van der Waals surface area contributed by atoms with E-state index >= 15 is 0 Å². The van der Waals surface area contributed by atoms with E-state index in [1.54, 1.807) is 0 Å². The maximum atomic E-state index is 4.46. The van der Waals surface area contributed by atoms with Crippen LogP contribution < -0.4 is 5.32 Å². The molecule has 1 N–H and O–H groups in total. The molecule has 3 nitrogen and oxygen atoms in total. The number of aryl methyl sites for hydroxylation is 2. The minimum absolute atomic E-state index is 0.121. The van der Waals surface area contributed by atoms with Crippen LogP contribution in [0.25, 0.3) is 0 Å². The van der Waals surface area contributed by atoms with E-state index in [2.05, 4.69) is 81.2 Å². The van der Waals surface area contributed by atoms with Gasteiger partial charge in [-0.25, -0.2) is 0 Å². The number of rotatable bonds is 6. The second-order valence-electron chi connectivity index (χ2n) is 5.06. The summed E-state index contributed by atoms with van der Waals surface area (Å²) in [6, 6.07) is 6.52. The Hall–Kier alpha value is -0.650. The highest BCUT2D eigenvalue weighted by molar-refractivity contribution is 9.10. The fraction of sp³-hybridized carbons (Fsp3) is 0.438. The van der Waals surface area contributed by atoms with E-state index in [1.807, 2.05) is 10.9 Å². The highest BCUT2D eigenvalue weighted by Gasteiger charge is 2.23. The van der Waals surface area contributed by atoms with Gasteiger partial charge in [-0.2, -0.15) is 5.10 Å². The molecule has 1 heterocycles. The molecule has 2 aromatic rings. The van der Waals surface area contributed by atoms with Crippen molar-refractivity contribution in [2.75, 3.05) is 6.54 Å². The van der Waals surface area contributed by atoms with Crippen LogP contribution in [0.5, 0.6) is 0 Å². The first kappa shape index (κ1) is 16.7. The topological polar surface area (TPSA) is 29.9 Å². The molecule has 1 unspecified atom stereocenters. The molecule has 0 aliphatic carbocycles. The molecule has 0 saturated carbocycles. The molecule has 114 valence electrons. The van der Waals surface area contributed by atoms with Crippen molar-refractivity contribution < 1.29 is 0 Å². The van der Waals surface area contributed by atoms with Crippen LogP contribution in [-0.2, 0) is 6.54 Å². The molecular weight excluding hydrogens is 394 g/mol. The summed E-state index contributed by atoms with van der Waals surface area (Å²) < 4.78 is 4.26. The van der Waals surface area contributed by atoms with Crippen LogP contribution in [0, 0.1) is 6.92 Å². The molecule has 1 atom stereocenters. The first-order chi connectivity index (χ1) is 10.1. The second-order valence-corrected chi connectivity index (χ2v) is 6.71. The predicted molar refractivity (Wildman–Crippen MR) is 94.6 cm³/mol. The number of benzene rings is 1. The molecule has 0 aliphatic heterocycles. The van der Waals surface area contributed by atoms with Gasteiger partial charge in [0.25, 0.3) is 0 Å². The maximum Gasteiger partial charge on any atom is 0.0770 e. The monoisotopic (exact) mass is 413 g/mol. The molecule has 1 aromatic carbocycles. The highest BCUT2D eigenvalue weighted by Crippen LogP contribution is 2.34. The van der Waals surface area contributed by atoms with Crippen molar-refractivity contribution in [3.63, 3.8) is 0 Å². The van der Waals surface area contributed by atoms with Crippen molar-refractivity contribution in [1.82, 2.24) is 15.1 Å². The molecule has 1 aromatic heterocycles. The van der Waals surface area contributed by atoms with Gasteiger partial charge in [-0.15, -0.1) is 0 Å². The molecule has 0 aliphatic rings. The first-order valence-corrected chi connectivity index (χ1v) is 8.88. The Balaban J connectivity index is 2.52. The van der Waals surface area contributed by atoms with Crippen LogP contribution in [0.15, 0.2) is 33.3 Å². The van der Waals surface area contributed by atoms with Crippen molar-refractivity contribution in [3.05, 3.63) is 50.2 Å². The van der Waals surface area contributed by atoms with Crippen molar-refractivity contribution in [3.8, 4) is 0 Å². The normalized spacial score (nSPS) is 12.6. The maximum absolute atomic E-state index is 4.46. The van der Waals surface area contributed by atoms with E-state index in [0.29, 0.717) is 0 Å². The van der Waals surface area contributed by atoms with E-state index in [0.717, 1.165) is 28.5 Å². The van der Waals surface area contributed by atoms with Crippen LogP contribution in [0.4, 0.5) is 0 Å². The molecular formula is C16H21Br2N3. The van der Waals surface area contributed by atoms with Crippen molar-refractivity contribution in [1.29, 1.82) is 0 Å². The summed E-state index contributed by atoms with van der Waals surface area (Å²) >= 11 is 7.40. The van der Waals surface area contributed by atoms with Gasteiger partial charge in [0.1, 0.15) is 0 Å². The molecule has 0 radical (unpaired) electrons. The number of nitrogens with one attached hydrogen (secondary N) is 1. The van der Waals surface area contributed by atoms with Crippen LogP contribution in [-0.4, -0.2) is 16.3 Å². The number of hydrogen-bond acceptors (Lipinski definition) is 2. The number of aromatic nitrogens is 2. The average Bonchev–Trinajstić information content (AvgIpc) is 2.85. The minimum atomic E-state index is 0.121. The standard InChI is InChI=1S/C16H21Br2N3/c1-4-9-19-15(12-8-6-7-11(3)14(12)18)16-13(17)10-20-21(16)5-2/h6-8,10,15,19H,4-5,9H2,1-3H3. The van der Waals surface area contributed by atoms with Crippen LogP contribution >= 0.6 is 31.9 Å². The molecule has 0 fully saturated rings. The van der Waals surface area contributed by atoms with Gasteiger partial charge in [-0.1, -0.05) is 41.1 Å². The Morgan fingerprint density at radius 3 is 2.71 bits per heavy atom. The summed E-state index contributed by atoms with van der Waals surface area (Å²) in [4.78, 5) is 0. The fourth-order valence-electron chi connectivity index (χ4n) is 2.45. The molecule has 0 bridgehead atoms. The van der Waals surface area contributed by atoms with Crippen LogP contribution in [0.3, 0.4) is 0 Å². The predicted octanol–water partition coefficient (Wildman–Crippen LogP) is 4.83. The molecule has 21 heavy (non-hydrogen) atoms. The lowest BCUT2D eigenvalue weighted by Gasteiger charge is -2.22. The third-order valence-electron chi connectivity index (χ3n) is 3.54. The van der Waals surface area contributed by atoms with Crippen LogP contribution in [0.2, 0.25) is 0 Å². The van der Waals surface area contributed by atoms with Crippen molar-refractivity contribution in [2.24, 2.45) is 0 Å². The van der Waals surface area contributed by atoms with Gasteiger partial charge in [0, 0.05) is 11.0 Å². The minimum Gasteiger partial charge on any atom is -0.305 e. The zero-order valence-electron chi connectivity index (χ0n) is 12.7. The summed E-state index contributed by atoms with van der Waals surface area (Å²) in [5.74, 6) is 0. The number of nitrogens with zero attached hydrogens (tertiary/aromatic N) is 2. The van der Waals surface area contributed by atoms with Crippen molar-refractivity contribution in [2.45, 2.75) is 39.8 Å². The molecule has 2 rings (SSSR count). The Bertz CT molecular complexity index is 608. The van der Waals surface area contributed by atoms with Crippen molar-refractivity contribution >= 4 is 31.9 Å².